The predicted octanol–water partition coefficient (Wildman–Crippen LogP) is 4.78. The minimum atomic E-state index is 0.734. The predicted molar refractivity (Wildman–Crippen MR) is 101 cm³/mol. The molecule has 3 aromatic heterocycles. The van der Waals surface area contributed by atoms with E-state index in [-0.39, 0.29) is 0 Å². The van der Waals surface area contributed by atoms with Crippen molar-refractivity contribution in [3.8, 4) is 0 Å². The number of nitrogens with one attached hydrogen (secondary N) is 1. The van der Waals surface area contributed by atoms with Crippen LogP contribution in [-0.4, -0.2) is 19.6 Å². The third kappa shape index (κ3) is 3.28. The van der Waals surface area contributed by atoms with Gasteiger partial charge in [0, 0.05) is 24.1 Å². The van der Waals surface area contributed by atoms with Gasteiger partial charge in [-0.05, 0) is 40.6 Å². The number of fused-ring (bicyclic) bond motifs is 1. The maximum atomic E-state index is 4.69. The molecule has 0 aliphatic heterocycles. The molecule has 3 heterocycles. The zero-order chi connectivity index (χ0) is 16.9. The molecule has 1 N–H and O–H groups in total. The molecule has 0 atom stereocenters. The minimum Gasteiger partial charge on any atom is -0.340 e. The monoisotopic (exact) mass is 381 g/mol. The van der Waals surface area contributed by atoms with Gasteiger partial charge in [0.2, 0.25) is 0 Å². The fourth-order valence-electron chi connectivity index (χ4n) is 2.21. The second-order valence-electron chi connectivity index (χ2n) is 4.97. The number of aromatic nitrogens is 4. The first-order valence-corrected chi connectivity index (χ1v) is 8.19. The summed E-state index contributed by atoms with van der Waals surface area (Å²) in [6.07, 6.45) is 12.9. The van der Waals surface area contributed by atoms with Gasteiger partial charge in [0.25, 0.3) is 0 Å². The highest BCUT2D eigenvalue weighted by Crippen LogP contribution is 2.26. The summed E-state index contributed by atoms with van der Waals surface area (Å²) in [6, 6.07) is 5.74. The second kappa shape index (κ2) is 7.23. The molecule has 0 saturated carbocycles. The minimum absolute atomic E-state index is 0.734. The van der Waals surface area contributed by atoms with E-state index in [4.69, 9.17) is 0 Å². The average Bonchev–Trinajstić information content (AvgIpc) is 2.98. The van der Waals surface area contributed by atoms with Crippen molar-refractivity contribution in [2.24, 2.45) is 0 Å². The van der Waals surface area contributed by atoms with E-state index in [1.54, 1.807) is 29.2 Å². The Balaban J connectivity index is 2.15. The molecule has 6 heteroatoms. The zero-order valence-corrected chi connectivity index (χ0v) is 14.7. The van der Waals surface area contributed by atoms with E-state index < -0.39 is 0 Å². The molecule has 0 unspecified atom stereocenters. The molecule has 0 fully saturated rings. The van der Waals surface area contributed by atoms with Crippen molar-refractivity contribution in [1.29, 1.82) is 0 Å². The molecule has 0 saturated heterocycles. The van der Waals surface area contributed by atoms with Crippen molar-refractivity contribution >= 4 is 38.7 Å². The number of hydrogen-bond acceptors (Lipinski definition) is 4. The third-order valence-electron chi connectivity index (χ3n) is 3.37. The molecule has 0 spiro atoms. The van der Waals surface area contributed by atoms with E-state index in [1.807, 2.05) is 43.4 Å². The summed E-state index contributed by atoms with van der Waals surface area (Å²) in [4.78, 5) is 8.72. The van der Waals surface area contributed by atoms with Gasteiger partial charge in [0.1, 0.15) is 5.82 Å². The van der Waals surface area contributed by atoms with E-state index in [0.29, 0.717) is 0 Å². The van der Waals surface area contributed by atoms with Gasteiger partial charge in [-0.15, -0.1) is 0 Å². The van der Waals surface area contributed by atoms with Crippen LogP contribution in [-0.2, 0) is 0 Å². The molecule has 0 aliphatic carbocycles. The topological polar surface area (TPSA) is 55.1 Å². The first-order chi connectivity index (χ1) is 11.7. The van der Waals surface area contributed by atoms with E-state index in [0.717, 1.165) is 32.9 Å². The summed E-state index contributed by atoms with van der Waals surface area (Å²) < 4.78 is 2.58. The smallest absolute Gasteiger partial charge is 0.172 e. The van der Waals surface area contributed by atoms with Gasteiger partial charge < -0.3 is 5.32 Å². The van der Waals surface area contributed by atoms with Crippen molar-refractivity contribution in [1.82, 2.24) is 19.6 Å². The van der Waals surface area contributed by atoms with Crippen LogP contribution in [0.4, 0.5) is 11.5 Å². The third-order valence-corrected chi connectivity index (χ3v) is 3.92. The standard InChI is InChI=1S/C18H16BrN5/c1-3-5-6-13(4-2)16-11-17(22-14-7-9-20-10-8-14)24-18(23-16)15(19)12-21-24/h3-12H,2H2,1H3,(H,20,22)/b5-3-,13-6+. The Morgan fingerprint density at radius 2 is 2.12 bits per heavy atom. The largest absolute Gasteiger partial charge is 0.340 e. The molecule has 0 bridgehead atoms. The van der Waals surface area contributed by atoms with Crippen LogP contribution in [0.2, 0.25) is 0 Å². The van der Waals surface area contributed by atoms with E-state index in [1.165, 1.54) is 0 Å². The maximum absolute atomic E-state index is 4.69. The lowest BCUT2D eigenvalue weighted by Gasteiger charge is -2.11. The highest BCUT2D eigenvalue weighted by molar-refractivity contribution is 9.10. The Labute approximate surface area is 148 Å². The van der Waals surface area contributed by atoms with Crippen molar-refractivity contribution in [3.05, 3.63) is 77.8 Å². The summed E-state index contributed by atoms with van der Waals surface area (Å²) >= 11 is 3.50. The number of anilines is 2. The van der Waals surface area contributed by atoms with Gasteiger partial charge in [-0.1, -0.05) is 30.9 Å². The van der Waals surface area contributed by atoms with Crippen LogP contribution in [0.5, 0.6) is 0 Å². The van der Waals surface area contributed by atoms with Crippen LogP contribution >= 0.6 is 15.9 Å². The molecule has 0 aliphatic rings. The van der Waals surface area contributed by atoms with Crippen LogP contribution in [0.1, 0.15) is 12.6 Å². The molecular weight excluding hydrogens is 366 g/mol. The summed E-state index contributed by atoms with van der Waals surface area (Å²) in [5, 5.41) is 7.73. The zero-order valence-electron chi connectivity index (χ0n) is 13.1. The van der Waals surface area contributed by atoms with Gasteiger partial charge in [-0.3, -0.25) is 4.98 Å². The lowest BCUT2D eigenvalue weighted by molar-refractivity contribution is 0.944. The normalized spacial score (nSPS) is 12.0. The Bertz CT molecular complexity index is 925. The SMILES string of the molecule is C=C/C(=C\C=C/C)c1cc(Nc2ccncc2)n2ncc(Br)c2n1. The summed E-state index contributed by atoms with van der Waals surface area (Å²) in [6.45, 7) is 5.86. The number of rotatable bonds is 5. The van der Waals surface area contributed by atoms with E-state index in [2.05, 4.69) is 42.9 Å². The van der Waals surface area contributed by atoms with Gasteiger partial charge in [0.05, 0.1) is 16.4 Å². The second-order valence-corrected chi connectivity index (χ2v) is 5.82. The Morgan fingerprint density at radius 3 is 2.83 bits per heavy atom. The molecule has 0 aromatic carbocycles. The fraction of sp³-hybridized carbons (Fsp3) is 0.0556. The number of halogens is 1. The van der Waals surface area contributed by atoms with E-state index in [9.17, 15) is 0 Å². The molecule has 0 amide bonds. The molecule has 3 rings (SSSR count). The van der Waals surface area contributed by atoms with Crippen LogP contribution in [0.25, 0.3) is 11.2 Å². The highest BCUT2D eigenvalue weighted by Gasteiger charge is 2.11. The Kier molecular flexibility index (Phi) is 4.86. The molecule has 0 radical (unpaired) electrons. The first-order valence-electron chi connectivity index (χ1n) is 7.40. The average molecular weight is 382 g/mol. The van der Waals surface area contributed by atoms with Gasteiger partial charge in [0.15, 0.2) is 5.65 Å². The lowest BCUT2D eigenvalue weighted by Crippen LogP contribution is -2.03. The maximum Gasteiger partial charge on any atom is 0.172 e. The molecule has 5 nitrogen and oxygen atoms in total. The van der Waals surface area contributed by atoms with Crippen molar-refractivity contribution in [2.45, 2.75) is 6.92 Å². The van der Waals surface area contributed by atoms with Crippen molar-refractivity contribution in [3.63, 3.8) is 0 Å². The van der Waals surface area contributed by atoms with Gasteiger partial charge >= 0.3 is 0 Å². The number of pyridine rings is 1. The van der Waals surface area contributed by atoms with Crippen LogP contribution < -0.4 is 5.32 Å². The molecule has 3 aromatic rings. The Hall–Kier alpha value is -2.73. The first kappa shape index (κ1) is 16.1. The summed E-state index contributed by atoms with van der Waals surface area (Å²) in [5.74, 6) is 0.806. The van der Waals surface area contributed by atoms with Crippen LogP contribution in [0.3, 0.4) is 0 Å². The molecule has 24 heavy (non-hydrogen) atoms. The fourth-order valence-corrected chi connectivity index (χ4v) is 2.56. The quantitative estimate of drug-likeness (QED) is 0.646. The van der Waals surface area contributed by atoms with Crippen LogP contribution in [0.15, 0.2) is 72.1 Å². The summed E-state index contributed by atoms with van der Waals surface area (Å²) in [7, 11) is 0. The molecule has 120 valence electrons. The number of nitrogens with zero attached hydrogens (tertiary/aromatic N) is 4. The Morgan fingerprint density at radius 1 is 1.33 bits per heavy atom. The number of hydrogen-bond donors (Lipinski definition) is 1. The van der Waals surface area contributed by atoms with Crippen LogP contribution in [0, 0.1) is 0 Å². The van der Waals surface area contributed by atoms with Gasteiger partial charge in [-0.25, -0.2) is 4.98 Å². The van der Waals surface area contributed by atoms with Crippen molar-refractivity contribution < 1.29 is 0 Å². The highest BCUT2D eigenvalue weighted by atomic mass is 79.9. The number of allylic oxidation sites excluding steroid dienone is 5. The summed E-state index contributed by atoms with van der Waals surface area (Å²) in [5.41, 5.74) is 3.40. The lowest BCUT2D eigenvalue weighted by atomic mass is 10.1. The van der Waals surface area contributed by atoms with E-state index >= 15 is 0 Å². The molecular formula is C18H16BrN5. The van der Waals surface area contributed by atoms with Crippen molar-refractivity contribution in [2.75, 3.05) is 5.32 Å². The van der Waals surface area contributed by atoms with Gasteiger partial charge in [-0.2, -0.15) is 9.61 Å².